The lowest BCUT2D eigenvalue weighted by Crippen LogP contribution is -2.31. The number of benzene rings is 1. The van der Waals surface area contributed by atoms with Crippen molar-refractivity contribution in [3.8, 4) is 0 Å². The van der Waals surface area contributed by atoms with E-state index in [2.05, 4.69) is 17.9 Å². The molecular weight excluding hydrogens is 182 g/mol. The minimum absolute atomic E-state index is 0.150. The fraction of sp³-hybridized carbons (Fsp3) is 0.300. The minimum atomic E-state index is -0.150. The van der Waals surface area contributed by atoms with E-state index in [0.717, 1.165) is 6.29 Å². The Balaban J connectivity index is 2.38. The second kappa shape index (κ2) is 5.78. The lowest BCUT2D eigenvalue weighted by molar-refractivity contribution is -0.109. The highest BCUT2D eigenvalue weighted by Gasteiger charge is 2.02. The van der Waals surface area contributed by atoms with Gasteiger partial charge in [-0.3, -0.25) is 0 Å². The standard InChI is InChI=1S/C10H13NOS/c12-7-10(8-13)11-6-9-4-2-1-3-5-9/h1-5,7,10-11,13H,6,8H2/t10-/m0/s1. The van der Waals surface area contributed by atoms with Crippen LogP contribution in [0.25, 0.3) is 0 Å². The van der Waals surface area contributed by atoms with Gasteiger partial charge in [-0.25, -0.2) is 0 Å². The fourth-order valence-electron chi connectivity index (χ4n) is 1.00. The Morgan fingerprint density at radius 1 is 1.38 bits per heavy atom. The summed E-state index contributed by atoms with van der Waals surface area (Å²) in [6.45, 7) is 0.713. The highest BCUT2D eigenvalue weighted by molar-refractivity contribution is 7.80. The molecule has 0 heterocycles. The van der Waals surface area contributed by atoms with Gasteiger partial charge in [0.25, 0.3) is 0 Å². The third kappa shape index (κ3) is 3.61. The Kier molecular flexibility index (Phi) is 4.57. The van der Waals surface area contributed by atoms with Crippen LogP contribution in [0.3, 0.4) is 0 Å². The maximum Gasteiger partial charge on any atom is 0.137 e. The van der Waals surface area contributed by atoms with Crippen LogP contribution < -0.4 is 5.32 Å². The van der Waals surface area contributed by atoms with Crippen LogP contribution in [0.15, 0.2) is 30.3 Å². The van der Waals surface area contributed by atoms with Crippen molar-refractivity contribution in [2.24, 2.45) is 0 Å². The van der Waals surface area contributed by atoms with Crippen molar-refractivity contribution < 1.29 is 4.79 Å². The van der Waals surface area contributed by atoms with Crippen molar-refractivity contribution in [3.05, 3.63) is 35.9 Å². The van der Waals surface area contributed by atoms with Crippen LogP contribution in [0.2, 0.25) is 0 Å². The summed E-state index contributed by atoms with van der Waals surface area (Å²) >= 11 is 4.05. The first-order valence-corrected chi connectivity index (χ1v) is 4.83. The van der Waals surface area contributed by atoms with Gasteiger partial charge < -0.3 is 10.1 Å². The van der Waals surface area contributed by atoms with Gasteiger partial charge in [-0.05, 0) is 5.56 Å². The zero-order valence-corrected chi connectivity index (χ0v) is 8.21. The van der Waals surface area contributed by atoms with Gasteiger partial charge in [-0.2, -0.15) is 12.6 Å². The van der Waals surface area contributed by atoms with Crippen LogP contribution in [-0.4, -0.2) is 18.1 Å². The van der Waals surface area contributed by atoms with E-state index >= 15 is 0 Å². The Hall–Kier alpha value is -0.800. The molecule has 1 N–H and O–H groups in total. The maximum absolute atomic E-state index is 10.4. The highest BCUT2D eigenvalue weighted by Crippen LogP contribution is 1.97. The van der Waals surface area contributed by atoms with Gasteiger partial charge in [0.1, 0.15) is 6.29 Å². The van der Waals surface area contributed by atoms with Gasteiger partial charge in [0.2, 0.25) is 0 Å². The molecule has 0 saturated heterocycles. The van der Waals surface area contributed by atoms with Crippen LogP contribution in [0, 0.1) is 0 Å². The van der Waals surface area contributed by atoms with Crippen LogP contribution >= 0.6 is 12.6 Å². The smallest absolute Gasteiger partial charge is 0.137 e. The molecule has 0 aliphatic carbocycles. The van der Waals surface area contributed by atoms with E-state index in [1.54, 1.807) is 0 Å². The van der Waals surface area contributed by atoms with Gasteiger partial charge in [0.15, 0.2) is 0 Å². The SMILES string of the molecule is O=C[C@@H](CS)NCc1ccccc1. The number of nitrogens with one attached hydrogen (secondary N) is 1. The number of hydrogen-bond acceptors (Lipinski definition) is 3. The number of rotatable bonds is 5. The molecule has 1 aromatic carbocycles. The number of carbonyl (C=O) groups is 1. The maximum atomic E-state index is 10.4. The molecule has 70 valence electrons. The minimum Gasteiger partial charge on any atom is -0.303 e. The monoisotopic (exact) mass is 195 g/mol. The summed E-state index contributed by atoms with van der Waals surface area (Å²) in [6, 6.07) is 9.82. The summed E-state index contributed by atoms with van der Waals surface area (Å²) in [4.78, 5) is 10.4. The Morgan fingerprint density at radius 3 is 2.62 bits per heavy atom. The summed E-state index contributed by atoms with van der Waals surface area (Å²) in [5.74, 6) is 0.538. The van der Waals surface area contributed by atoms with Crippen LogP contribution in [0.4, 0.5) is 0 Å². The van der Waals surface area contributed by atoms with E-state index in [4.69, 9.17) is 0 Å². The molecule has 1 atom stereocenters. The lowest BCUT2D eigenvalue weighted by Gasteiger charge is -2.08. The van der Waals surface area contributed by atoms with Crippen LogP contribution in [-0.2, 0) is 11.3 Å². The molecule has 0 amide bonds. The normalized spacial score (nSPS) is 12.4. The predicted molar refractivity (Wildman–Crippen MR) is 57.0 cm³/mol. The molecule has 2 nitrogen and oxygen atoms in total. The molecule has 13 heavy (non-hydrogen) atoms. The highest BCUT2D eigenvalue weighted by atomic mass is 32.1. The summed E-state index contributed by atoms with van der Waals surface area (Å²) in [6.07, 6.45) is 0.885. The van der Waals surface area contributed by atoms with Gasteiger partial charge in [0, 0.05) is 12.3 Å². The largest absolute Gasteiger partial charge is 0.303 e. The molecule has 0 spiro atoms. The molecule has 0 aliphatic heterocycles. The van der Waals surface area contributed by atoms with Crippen LogP contribution in [0.5, 0.6) is 0 Å². The first-order valence-electron chi connectivity index (χ1n) is 4.20. The molecular formula is C10H13NOS. The van der Waals surface area contributed by atoms with E-state index in [0.29, 0.717) is 12.3 Å². The topological polar surface area (TPSA) is 29.1 Å². The van der Waals surface area contributed by atoms with E-state index in [9.17, 15) is 4.79 Å². The van der Waals surface area contributed by atoms with Crippen molar-refractivity contribution in [1.29, 1.82) is 0 Å². The van der Waals surface area contributed by atoms with E-state index in [1.165, 1.54) is 5.56 Å². The molecule has 0 fully saturated rings. The Morgan fingerprint density at radius 2 is 2.08 bits per heavy atom. The summed E-state index contributed by atoms with van der Waals surface area (Å²) in [7, 11) is 0. The first-order chi connectivity index (χ1) is 6.36. The number of carbonyl (C=O) groups excluding carboxylic acids is 1. The zero-order valence-electron chi connectivity index (χ0n) is 7.31. The van der Waals surface area contributed by atoms with Crippen molar-refractivity contribution in [3.63, 3.8) is 0 Å². The summed E-state index contributed by atoms with van der Waals surface area (Å²) in [5, 5.41) is 3.09. The molecule has 0 unspecified atom stereocenters. The van der Waals surface area contributed by atoms with E-state index in [-0.39, 0.29) is 6.04 Å². The third-order valence-electron chi connectivity index (χ3n) is 1.77. The molecule has 0 radical (unpaired) electrons. The Bertz CT molecular complexity index is 250. The second-order valence-corrected chi connectivity index (χ2v) is 3.16. The Labute approximate surface area is 83.8 Å². The number of thiol groups is 1. The predicted octanol–water partition coefficient (Wildman–Crippen LogP) is 1.27. The van der Waals surface area contributed by atoms with Gasteiger partial charge in [-0.1, -0.05) is 30.3 Å². The quantitative estimate of drug-likeness (QED) is 0.547. The zero-order chi connectivity index (χ0) is 9.52. The second-order valence-electron chi connectivity index (χ2n) is 2.79. The molecule has 1 aromatic rings. The summed E-state index contributed by atoms with van der Waals surface area (Å²) < 4.78 is 0. The molecule has 0 saturated carbocycles. The van der Waals surface area contributed by atoms with Crippen molar-refractivity contribution in [1.82, 2.24) is 5.32 Å². The molecule has 0 aliphatic rings. The average molecular weight is 195 g/mol. The molecule has 0 aromatic heterocycles. The van der Waals surface area contributed by atoms with Crippen molar-refractivity contribution in [2.45, 2.75) is 12.6 Å². The number of hydrogen-bond donors (Lipinski definition) is 2. The van der Waals surface area contributed by atoms with E-state index < -0.39 is 0 Å². The van der Waals surface area contributed by atoms with Gasteiger partial charge >= 0.3 is 0 Å². The van der Waals surface area contributed by atoms with E-state index in [1.807, 2.05) is 30.3 Å². The van der Waals surface area contributed by atoms with Crippen molar-refractivity contribution in [2.75, 3.05) is 5.75 Å². The third-order valence-corrected chi connectivity index (χ3v) is 2.17. The van der Waals surface area contributed by atoms with Gasteiger partial charge in [-0.15, -0.1) is 0 Å². The van der Waals surface area contributed by atoms with Crippen LogP contribution in [0.1, 0.15) is 5.56 Å². The lowest BCUT2D eigenvalue weighted by atomic mass is 10.2. The molecule has 3 heteroatoms. The number of aldehydes is 1. The fourth-order valence-corrected chi connectivity index (χ4v) is 1.22. The van der Waals surface area contributed by atoms with Gasteiger partial charge in [0.05, 0.1) is 6.04 Å². The first kappa shape index (κ1) is 10.3. The summed E-state index contributed by atoms with van der Waals surface area (Å²) in [5.41, 5.74) is 1.18. The molecule has 1 rings (SSSR count). The molecule has 0 bridgehead atoms. The van der Waals surface area contributed by atoms with Crippen molar-refractivity contribution >= 4 is 18.9 Å². The average Bonchev–Trinajstić information content (AvgIpc) is 2.21.